The molecule has 2 aliphatic rings. The molecule has 0 bridgehead atoms. The van der Waals surface area contributed by atoms with Gasteiger partial charge in [0.05, 0.1) is 75.3 Å². The Labute approximate surface area is 393 Å². The molecule has 0 unspecified atom stereocenters. The SMILES string of the molecule is CCC1(COCCCCCOCc2ccc3c(c2)c2cc4oc5ccc(COCCCCCOCC6(C)COC6)cc5c4cc2n3-c2nc(-c3ccccc3)cc(-c3ccccc3)n2)COC1. The molecule has 2 aliphatic heterocycles. The highest BCUT2D eigenvalue weighted by Gasteiger charge is 2.37. The summed E-state index contributed by atoms with van der Waals surface area (Å²) in [6.07, 6.45) is 7.33. The standard InChI is InChI=1S/C57H63N3O7/c1-3-57(39-66-40-57)38-64-27-15-7-13-24-61-33-41-20-22-51-45(28-41)46-31-54-48(47-29-42(21-23-53(47)67-54)34-62-25-12-6-14-26-63-35-56(2)36-65-37-56)30-52(46)60(51)55-58-49(43-16-8-4-9-17-43)32-50(59-55)44-18-10-5-11-19-44/h4-5,8-11,16-23,28-32H,3,6-7,12-15,24-27,33-40H2,1-2H3. The lowest BCUT2D eigenvalue weighted by Crippen LogP contribution is -2.45. The van der Waals surface area contributed by atoms with Gasteiger partial charge in [-0.1, -0.05) is 86.6 Å². The second-order valence-corrected chi connectivity index (χ2v) is 19.1. The van der Waals surface area contributed by atoms with Gasteiger partial charge in [-0.3, -0.25) is 4.57 Å². The lowest BCUT2D eigenvalue weighted by Gasteiger charge is -2.40. The van der Waals surface area contributed by atoms with Crippen molar-refractivity contribution in [1.29, 1.82) is 0 Å². The van der Waals surface area contributed by atoms with Crippen LogP contribution in [0, 0.1) is 10.8 Å². The summed E-state index contributed by atoms with van der Waals surface area (Å²) < 4.78 is 44.0. The van der Waals surface area contributed by atoms with Crippen molar-refractivity contribution < 1.29 is 32.8 Å². The van der Waals surface area contributed by atoms with Gasteiger partial charge < -0.3 is 32.8 Å². The summed E-state index contributed by atoms with van der Waals surface area (Å²) >= 11 is 0. The fourth-order valence-corrected chi connectivity index (χ4v) is 9.30. The first kappa shape index (κ1) is 45.3. The molecular formula is C57H63N3O7. The van der Waals surface area contributed by atoms with Crippen LogP contribution in [-0.4, -0.2) is 80.6 Å². The number of aromatic nitrogens is 3. The Morgan fingerprint density at radius 2 is 1.07 bits per heavy atom. The number of fused-ring (bicyclic) bond motifs is 6. The lowest BCUT2D eigenvalue weighted by atomic mass is 9.84. The first-order valence-electron chi connectivity index (χ1n) is 24.4. The summed E-state index contributed by atoms with van der Waals surface area (Å²) in [4.78, 5) is 10.6. The largest absolute Gasteiger partial charge is 0.456 e. The van der Waals surface area contributed by atoms with Gasteiger partial charge >= 0.3 is 0 Å². The van der Waals surface area contributed by atoms with Gasteiger partial charge in [-0.25, -0.2) is 9.97 Å². The van der Waals surface area contributed by atoms with Gasteiger partial charge in [-0.05, 0) is 98.5 Å². The minimum atomic E-state index is 0.199. The number of ether oxygens (including phenoxy) is 6. The van der Waals surface area contributed by atoms with Gasteiger partial charge in [-0.15, -0.1) is 0 Å². The van der Waals surface area contributed by atoms with E-state index >= 15 is 0 Å². The van der Waals surface area contributed by atoms with E-state index in [0.29, 0.717) is 32.4 Å². The molecule has 10 nitrogen and oxygen atoms in total. The van der Waals surface area contributed by atoms with Crippen molar-refractivity contribution in [1.82, 2.24) is 14.5 Å². The third-order valence-electron chi connectivity index (χ3n) is 13.6. The number of rotatable bonds is 24. The molecule has 10 rings (SSSR count). The van der Waals surface area contributed by atoms with E-state index in [2.05, 4.69) is 122 Å². The maximum absolute atomic E-state index is 6.60. The van der Waals surface area contributed by atoms with Gasteiger partial charge in [0.2, 0.25) is 5.95 Å². The van der Waals surface area contributed by atoms with Crippen LogP contribution in [0.25, 0.3) is 72.2 Å². The molecular weight excluding hydrogens is 839 g/mol. The molecule has 0 spiro atoms. The number of nitrogens with zero attached hydrogens (tertiary/aromatic N) is 3. The number of hydrogen-bond donors (Lipinski definition) is 0. The molecule has 0 saturated carbocycles. The highest BCUT2D eigenvalue weighted by Crippen LogP contribution is 2.39. The number of furan rings is 1. The van der Waals surface area contributed by atoms with Crippen LogP contribution in [0.4, 0.5) is 0 Å². The summed E-state index contributed by atoms with van der Waals surface area (Å²) in [6.45, 7) is 13.3. The molecule has 0 N–H and O–H groups in total. The molecule has 3 aromatic heterocycles. The minimum Gasteiger partial charge on any atom is -0.456 e. The van der Waals surface area contributed by atoms with Crippen LogP contribution in [0.5, 0.6) is 0 Å². The van der Waals surface area contributed by atoms with E-state index in [4.69, 9.17) is 42.8 Å². The molecule has 0 radical (unpaired) electrons. The Morgan fingerprint density at radius 3 is 1.66 bits per heavy atom. The zero-order valence-corrected chi connectivity index (χ0v) is 39.1. The Balaban J connectivity index is 0.905. The fraction of sp³-hybridized carbons (Fsp3) is 0.404. The molecule has 0 atom stereocenters. The molecule has 5 heterocycles. The molecule has 348 valence electrons. The van der Waals surface area contributed by atoms with Crippen molar-refractivity contribution >= 4 is 43.7 Å². The van der Waals surface area contributed by atoms with Crippen molar-refractivity contribution in [2.24, 2.45) is 10.8 Å². The summed E-state index contributed by atoms with van der Waals surface area (Å²) in [7, 11) is 0. The topological polar surface area (TPSA) is 99.2 Å². The third-order valence-corrected chi connectivity index (χ3v) is 13.6. The number of benzene rings is 5. The lowest BCUT2D eigenvalue weighted by molar-refractivity contribution is -0.150. The highest BCUT2D eigenvalue weighted by molar-refractivity contribution is 6.17. The summed E-state index contributed by atoms with van der Waals surface area (Å²) in [5.74, 6) is 0.606. The maximum atomic E-state index is 6.60. The molecule has 2 saturated heterocycles. The summed E-state index contributed by atoms with van der Waals surface area (Å²) in [5.41, 5.74) is 10.1. The van der Waals surface area contributed by atoms with Gasteiger partial charge in [0.1, 0.15) is 11.2 Å². The summed E-state index contributed by atoms with van der Waals surface area (Å²) in [5, 5.41) is 4.25. The van der Waals surface area contributed by atoms with E-state index in [0.717, 1.165) is 175 Å². The maximum Gasteiger partial charge on any atom is 0.235 e. The summed E-state index contributed by atoms with van der Waals surface area (Å²) in [6, 6.07) is 40.2. The van der Waals surface area contributed by atoms with Crippen LogP contribution in [0.2, 0.25) is 0 Å². The molecule has 67 heavy (non-hydrogen) atoms. The Hall–Kier alpha value is -5.46. The van der Waals surface area contributed by atoms with Crippen LogP contribution in [0.15, 0.2) is 120 Å². The third kappa shape index (κ3) is 10.4. The van der Waals surface area contributed by atoms with Crippen molar-refractivity contribution in [3.63, 3.8) is 0 Å². The fourth-order valence-electron chi connectivity index (χ4n) is 9.30. The average Bonchev–Trinajstić information content (AvgIpc) is 3.86. The van der Waals surface area contributed by atoms with E-state index in [1.807, 2.05) is 12.1 Å². The molecule has 0 amide bonds. The highest BCUT2D eigenvalue weighted by atomic mass is 16.5. The van der Waals surface area contributed by atoms with Gasteiger partial charge in [0, 0.05) is 69.9 Å². The van der Waals surface area contributed by atoms with Crippen molar-refractivity contribution in [2.45, 2.75) is 72.0 Å². The van der Waals surface area contributed by atoms with Crippen LogP contribution < -0.4 is 0 Å². The smallest absolute Gasteiger partial charge is 0.235 e. The Bertz CT molecular complexity index is 2840. The number of hydrogen-bond acceptors (Lipinski definition) is 9. The van der Waals surface area contributed by atoms with Gasteiger partial charge in [0.15, 0.2) is 0 Å². The first-order valence-corrected chi connectivity index (χ1v) is 24.4. The molecule has 8 aromatic rings. The molecule has 2 fully saturated rings. The van der Waals surface area contributed by atoms with Gasteiger partial charge in [0.25, 0.3) is 0 Å². The van der Waals surface area contributed by atoms with Crippen LogP contribution >= 0.6 is 0 Å². The second-order valence-electron chi connectivity index (χ2n) is 19.1. The van der Waals surface area contributed by atoms with Crippen LogP contribution in [0.3, 0.4) is 0 Å². The quantitative estimate of drug-likeness (QED) is 0.0549. The molecule has 10 heteroatoms. The predicted octanol–water partition coefficient (Wildman–Crippen LogP) is 12.7. The van der Waals surface area contributed by atoms with Crippen molar-refractivity contribution in [2.75, 3.05) is 66.1 Å². The van der Waals surface area contributed by atoms with E-state index < -0.39 is 0 Å². The van der Waals surface area contributed by atoms with Crippen LogP contribution in [0.1, 0.15) is 69.9 Å². The Morgan fingerprint density at radius 1 is 0.522 bits per heavy atom. The van der Waals surface area contributed by atoms with E-state index in [1.54, 1.807) is 0 Å². The molecule has 5 aromatic carbocycles. The minimum absolute atomic E-state index is 0.199. The second kappa shape index (κ2) is 20.8. The average molecular weight is 902 g/mol. The van der Waals surface area contributed by atoms with Crippen LogP contribution in [-0.2, 0) is 41.6 Å². The normalized spacial score (nSPS) is 15.4. The van der Waals surface area contributed by atoms with E-state index in [9.17, 15) is 0 Å². The monoisotopic (exact) mass is 901 g/mol. The predicted molar refractivity (Wildman–Crippen MR) is 266 cm³/mol. The first-order chi connectivity index (χ1) is 33.0. The van der Waals surface area contributed by atoms with Crippen molar-refractivity contribution in [3.8, 4) is 28.5 Å². The zero-order chi connectivity index (χ0) is 45.5. The number of unbranched alkanes of at least 4 members (excludes halogenated alkanes) is 4. The van der Waals surface area contributed by atoms with E-state index in [-0.39, 0.29) is 10.8 Å². The molecule has 0 aliphatic carbocycles. The van der Waals surface area contributed by atoms with Gasteiger partial charge in [-0.2, -0.15) is 0 Å². The Kier molecular flexibility index (Phi) is 14.1. The van der Waals surface area contributed by atoms with Crippen molar-refractivity contribution in [3.05, 3.63) is 126 Å². The zero-order valence-electron chi connectivity index (χ0n) is 39.1. The van der Waals surface area contributed by atoms with E-state index in [1.165, 1.54) is 0 Å².